The zero-order valence-electron chi connectivity index (χ0n) is 7.99. The van der Waals surface area contributed by atoms with Gasteiger partial charge in [-0.15, -0.1) is 0 Å². The van der Waals surface area contributed by atoms with Crippen LogP contribution >= 0.6 is 0 Å². The molecule has 4 rings (SSSR count). The summed E-state index contributed by atoms with van der Waals surface area (Å²) >= 11 is 0. The lowest BCUT2D eigenvalue weighted by Crippen LogP contribution is -2.60. The Morgan fingerprint density at radius 1 is 1.21 bits per heavy atom. The van der Waals surface area contributed by atoms with Crippen molar-refractivity contribution < 1.29 is 14.7 Å². The van der Waals surface area contributed by atoms with Crippen LogP contribution in [-0.4, -0.2) is 11.8 Å². The third kappa shape index (κ3) is 0.830. The van der Waals surface area contributed by atoms with Crippen molar-refractivity contribution in [1.29, 1.82) is 0 Å². The van der Waals surface area contributed by atoms with Crippen LogP contribution in [0.25, 0.3) is 0 Å². The Hall–Kier alpha value is -0.860. The number of carbonyl (C=O) groups is 2. The second kappa shape index (κ2) is 2.38. The first kappa shape index (κ1) is 8.45. The lowest BCUT2D eigenvalue weighted by atomic mass is 9.49. The minimum Gasteiger partial charge on any atom is -0.549 e. The van der Waals surface area contributed by atoms with Crippen LogP contribution in [0, 0.1) is 23.2 Å². The Labute approximate surface area is 82.5 Å². The van der Waals surface area contributed by atoms with E-state index in [1.807, 2.05) is 0 Å². The third-order valence-electron chi connectivity index (χ3n) is 4.41. The van der Waals surface area contributed by atoms with E-state index in [0.29, 0.717) is 24.7 Å². The summed E-state index contributed by atoms with van der Waals surface area (Å²) in [5, 5.41) is 11.1. The molecule has 4 aliphatic rings. The van der Waals surface area contributed by atoms with E-state index < -0.39 is 11.4 Å². The van der Waals surface area contributed by atoms with Crippen molar-refractivity contribution in [3.05, 3.63) is 0 Å². The minimum atomic E-state index is -1.11. The Bertz CT molecular complexity index is 306. The van der Waals surface area contributed by atoms with Crippen LogP contribution < -0.4 is 5.11 Å². The number of rotatable bonds is 1. The number of carboxylic acid groups (broad SMARTS) is 1. The van der Waals surface area contributed by atoms with Crippen molar-refractivity contribution in [1.82, 2.24) is 0 Å². The first-order valence-corrected chi connectivity index (χ1v) is 5.37. The van der Waals surface area contributed by atoms with E-state index in [1.54, 1.807) is 0 Å². The average Bonchev–Trinajstić information content (AvgIpc) is 2.12. The van der Waals surface area contributed by atoms with E-state index >= 15 is 0 Å². The van der Waals surface area contributed by atoms with E-state index in [9.17, 15) is 14.7 Å². The first-order valence-electron chi connectivity index (χ1n) is 5.37. The molecule has 2 unspecified atom stereocenters. The van der Waals surface area contributed by atoms with Gasteiger partial charge in [-0.2, -0.15) is 0 Å². The molecule has 4 saturated carbocycles. The summed E-state index contributed by atoms with van der Waals surface area (Å²) in [7, 11) is 0. The van der Waals surface area contributed by atoms with Crippen LogP contribution in [0.2, 0.25) is 0 Å². The van der Waals surface area contributed by atoms with Crippen LogP contribution in [0.5, 0.6) is 0 Å². The zero-order valence-corrected chi connectivity index (χ0v) is 7.99. The van der Waals surface area contributed by atoms with Crippen LogP contribution in [0.3, 0.4) is 0 Å². The molecule has 0 aromatic rings. The maximum atomic E-state index is 11.9. The third-order valence-corrected chi connectivity index (χ3v) is 4.41. The van der Waals surface area contributed by atoms with Crippen LogP contribution in [0.1, 0.15) is 32.1 Å². The molecule has 76 valence electrons. The number of carbonyl (C=O) groups excluding carboxylic acids is 2. The monoisotopic (exact) mass is 193 g/mol. The normalized spacial score (nSPS) is 49.7. The van der Waals surface area contributed by atoms with E-state index in [-0.39, 0.29) is 11.7 Å². The number of hydrogen-bond acceptors (Lipinski definition) is 3. The summed E-state index contributed by atoms with van der Waals surface area (Å²) in [6, 6.07) is 0. The van der Waals surface area contributed by atoms with Gasteiger partial charge in [0.25, 0.3) is 0 Å². The Kier molecular flexibility index (Phi) is 1.44. The molecule has 0 aliphatic heterocycles. The van der Waals surface area contributed by atoms with Gasteiger partial charge in [-0.3, -0.25) is 4.79 Å². The average molecular weight is 193 g/mol. The highest BCUT2D eigenvalue weighted by molar-refractivity contribution is 6.04. The molecule has 0 amide bonds. The van der Waals surface area contributed by atoms with E-state index in [0.717, 1.165) is 19.3 Å². The Balaban J connectivity index is 2.05. The Morgan fingerprint density at radius 2 is 1.79 bits per heavy atom. The molecule has 4 aliphatic carbocycles. The molecule has 0 N–H and O–H groups in total. The number of carboxylic acids is 1. The molecule has 4 atom stereocenters. The predicted molar refractivity (Wildman–Crippen MR) is 46.0 cm³/mol. The molecule has 0 heterocycles. The van der Waals surface area contributed by atoms with Gasteiger partial charge < -0.3 is 9.90 Å². The van der Waals surface area contributed by atoms with Crippen molar-refractivity contribution >= 4 is 11.8 Å². The summed E-state index contributed by atoms with van der Waals surface area (Å²) in [4.78, 5) is 23.0. The summed E-state index contributed by atoms with van der Waals surface area (Å²) in [6.07, 6.45) is 4.12. The molecule has 0 aromatic carbocycles. The standard InChI is InChI=1S/C11H14O3/c12-9-8-2-6-1-7(3-8)5-11(9,4-6)10(13)14/h6-8H,1-5H2,(H,13,14)/p-1/t6-,7+,8?,11?. The highest BCUT2D eigenvalue weighted by atomic mass is 16.4. The number of ketones is 1. The van der Waals surface area contributed by atoms with E-state index in [2.05, 4.69) is 0 Å². The number of aliphatic carboxylic acids is 1. The van der Waals surface area contributed by atoms with Gasteiger partial charge in [-0.25, -0.2) is 0 Å². The highest BCUT2D eigenvalue weighted by Crippen LogP contribution is 2.57. The molecule has 14 heavy (non-hydrogen) atoms. The maximum Gasteiger partial charge on any atom is 0.147 e. The minimum absolute atomic E-state index is 0.0234. The summed E-state index contributed by atoms with van der Waals surface area (Å²) < 4.78 is 0. The fraction of sp³-hybridized carbons (Fsp3) is 0.818. The van der Waals surface area contributed by atoms with E-state index in [1.165, 1.54) is 0 Å². The van der Waals surface area contributed by atoms with Crippen molar-refractivity contribution in [3.8, 4) is 0 Å². The summed E-state index contributed by atoms with van der Waals surface area (Å²) in [5.41, 5.74) is -1.07. The van der Waals surface area contributed by atoms with E-state index in [4.69, 9.17) is 0 Å². The fourth-order valence-corrected chi connectivity index (χ4v) is 4.04. The SMILES string of the molecule is O=C([O-])C12C[C@@H]3CC(C[C@@H](C3)C1)C2=O. The molecule has 0 radical (unpaired) electrons. The molecule has 0 saturated heterocycles. The van der Waals surface area contributed by atoms with Crippen molar-refractivity contribution in [2.24, 2.45) is 23.2 Å². The number of hydrogen-bond donors (Lipinski definition) is 0. The molecular weight excluding hydrogens is 180 g/mol. The first-order chi connectivity index (χ1) is 6.62. The quantitative estimate of drug-likeness (QED) is 0.556. The second-order valence-corrected chi connectivity index (χ2v) is 5.28. The maximum absolute atomic E-state index is 11.9. The summed E-state index contributed by atoms with van der Waals surface area (Å²) in [6.45, 7) is 0. The van der Waals surface area contributed by atoms with Gasteiger partial charge in [-0.1, -0.05) is 0 Å². The smallest absolute Gasteiger partial charge is 0.147 e. The van der Waals surface area contributed by atoms with Gasteiger partial charge in [0.05, 0.1) is 11.4 Å². The van der Waals surface area contributed by atoms with Crippen molar-refractivity contribution in [2.75, 3.05) is 0 Å². The second-order valence-electron chi connectivity index (χ2n) is 5.28. The molecule has 0 aromatic heterocycles. The van der Waals surface area contributed by atoms with Gasteiger partial charge in [0, 0.05) is 5.92 Å². The topological polar surface area (TPSA) is 57.2 Å². The molecule has 3 nitrogen and oxygen atoms in total. The molecule has 4 fully saturated rings. The lowest BCUT2D eigenvalue weighted by molar-refractivity contribution is -0.321. The molecular formula is C11H13O3-. The number of Topliss-reactive ketones (excluding diaryl/α,β-unsaturated/α-hetero) is 1. The van der Waals surface area contributed by atoms with Crippen LogP contribution in [-0.2, 0) is 9.59 Å². The molecule has 4 bridgehead atoms. The van der Waals surface area contributed by atoms with Gasteiger partial charge >= 0.3 is 0 Å². The van der Waals surface area contributed by atoms with Crippen LogP contribution in [0.15, 0.2) is 0 Å². The van der Waals surface area contributed by atoms with Crippen molar-refractivity contribution in [3.63, 3.8) is 0 Å². The predicted octanol–water partition coefficient (Wildman–Crippen LogP) is 0.132. The van der Waals surface area contributed by atoms with Gasteiger partial charge in [0.2, 0.25) is 0 Å². The molecule has 0 spiro atoms. The van der Waals surface area contributed by atoms with Gasteiger partial charge in [0.15, 0.2) is 0 Å². The van der Waals surface area contributed by atoms with Crippen LogP contribution in [0.4, 0.5) is 0 Å². The van der Waals surface area contributed by atoms with Crippen molar-refractivity contribution in [2.45, 2.75) is 32.1 Å². The van der Waals surface area contributed by atoms with Gasteiger partial charge in [-0.05, 0) is 43.9 Å². The Morgan fingerprint density at radius 3 is 2.29 bits per heavy atom. The highest BCUT2D eigenvalue weighted by Gasteiger charge is 2.57. The zero-order chi connectivity index (χ0) is 9.92. The van der Waals surface area contributed by atoms with Gasteiger partial charge in [0.1, 0.15) is 5.78 Å². The fourth-order valence-electron chi connectivity index (χ4n) is 4.04. The summed E-state index contributed by atoms with van der Waals surface area (Å²) in [5.74, 6) is -0.142. The molecule has 3 heteroatoms. The largest absolute Gasteiger partial charge is 0.549 e. The lowest BCUT2D eigenvalue weighted by Gasteiger charge is -2.55.